The molecule has 5 rings (SSSR count). The monoisotopic (exact) mass is 473 g/mol. The van der Waals surface area contributed by atoms with Gasteiger partial charge in [-0.05, 0) is 73.9 Å². The van der Waals surface area contributed by atoms with E-state index in [0.717, 1.165) is 57.3 Å². The zero-order valence-corrected chi connectivity index (χ0v) is 20.2. The molecule has 0 unspecified atom stereocenters. The molecule has 1 aromatic heterocycles. The molecule has 1 saturated heterocycles. The molecule has 0 radical (unpaired) electrons. The van der Waals surface area contributed by atoms with Crippen LogP contribution in [0.3, 0.4) is 0 Å². The number of carbonyl (C=O) groups is 1. The number of sulfonamides is 1. The van der Waals surface area contributed by atoms with Gasteiger partial charge in [-0.15, -0.1) is 11.3 Å². The molecule has 2 aromatic rings. The van der Waals surface area contributed by atoms with E-state index >= 15 is 0 Å². The number of fused-ring (bicyclic) bond motifs is 1. The van der Waals surface area contributed by atoms with Gasteiger partial charge in [-0.1, -0.05) is 13.0 Å². The summed E-state index contributed by atoms with van der Waals surface area (Å²) in [5.41, 5.74) is 1.58. The van der Waals surface area contributed by atoms with Crippen LogP contribution in [0, 0.1) is 0 Å². The highest BCUT2D eigenvalue weighted by atomic mass is 32.2. The fourth-order valence-corrected chi connectivity index (χ4v) is 7.37. The van der Waals surface area contributed by atoms with Crippen molar-refractivity contribution in [2.45, 2.75) is 62.6 Å². The van der Waals surface area contributed by atoms with E-state index in [9.17, 15) is 13.2 Å². The first kappa shape index (κ1) is 22.1. The fraction of sp³-hybridized carbons (Fsp3) is 0.542. The van der Waals surface area contributed by atoms with Crippen LogP contribution in [0.2, 0.25) is 0 Å². The van der Waals surface area contributed by atoms with Crippen LogP contribution < -0.4 is 0 Å². The van der Waals surface area contributed by atoms with E-state index in [1.165, 1.54) is 4.88 Å². The number of benzene rings is 1. The zero-order valence-electron chi connectivity index (χ0n) is 18.6. The van der Waals surface area contributed by atoms with Gasteiger partial charge < -0.3 is 9.80 Å². The Hall–Kier alpha value is -1.74. The summed E-state index contributed by atoms with van der Waals surface area (Å²) in [5, 5.41) is 2.03. The van der Waals surface area contributed by atoms with Crippen LogP contribution in [0.1, 0.15) is 53.4 Å². The Morgan fingerprint density at radius 1 is 1.09 bits per heavy atom. The number of carbonyl (C=O) groups excluding carboxylic acids is 1. The van der Waals surface area contributed by atoms with Crippen molar-refractivity contribution in [3.63, 3.8) is 0 Å². The van der Waals surface area contributed by atoms with Crippen molar-refractivity contribution in [1.29, 1.82) is 0 Å². The number of thiophene rings is 1. The molecule has 3 heterocycles. The Kier molecular flexibility index (Phi) is 6.13. The topological polar surface area (TPSA) is 60.9 Å². The van der Waals surface area contributed by atoms with E-state index in [2.05, 4.69) is 16.7 Å². The minimum absolute atomic E-state index is 0.0155. The molecule has 0 atom stereocenters. The lowest BCUT2D eigenvalue weighted by molar-refractivity contribution is 0.0554. The molecule has 3 aliphatic rings. The Bertz CT molecular complexity index is 1090. The minimum atomic E-state index is -3.64. The van der Waals surface area contributed by atoms with Crippen LogP contribution in [0.5, 0.6) is 0 Å². The third-order valence-electron chi connectivity index (χ3n) is 7.06. The predicted molar refractivity (Wildman–Crippen MR) is 126 cm³/mol. The quantitative estimate of drug-likeness (QED) is 0.643. The highest BCUT2D eigenvalue weighted by molar-refractivity contribution is 7.89. The number of amides is 1. The molecule has 32 heavy (non-hydrogen) atoms. The van der Waals surface area contributed by atoms with Crippen molar-refractivity contribution in [2.75, 3.05) is 26.2 Å². The summed E-state index contributed by atoms with van der Waals surface area (Å²) in [6.45, 7) is 6.16. The Morgan fingerprint density at radius 3 is 2.56 bits per heavy atom. The van der Waals surface area contributed by atoms with E-state index < -0.39 is 10.0 Å². The Labute approximate surface area is 194 Å². The number of hydrogen-bond acceptors (Lipinski definition) is 5. The van der Waals surface area contributed by atoms with Crippen molar-refractivity contribution < 1.29 is 13.2 Å². The smallest absolute Gasteiger partial charge is 0.254 e. The predicted octanol–water partition coefficient (Wildman–Crippen LogP) is 3.58. The van der Waals surface area contributed by atoms with E-state index in [1.807, 2.05) is 11.4 Å². The van der Waals surface area contributed by atoms with Gasteiger partial charge in [-0.2, -0.15) is 4.31 Å². The second-order valence-electron chi connectivity index (χ2n) is 9.09. The molecule has 0 N–H and O–H groups in total. The molecule has 1 aliphatic carbocycles. The van der Waals surface area contributed by atoms with Crippen molar-refractivity contribution in [1.82, 2.24) is 14.1 Å². The number of hydrogen-bond donors (Lipinski definition) is 0. The summed E-state index contributed by atoms with van der Waals surface area (Å²) < 4.78 is 28.3. The van der Waals surface area contributed by atoms with Crippen LogP contribution >= 0.6 is 11.3 Å². The highest BCUT2D eigenvalue weighted by Gasteiger charge is 2.39. The summed E-state index contributed by atoms with van der Waals surface area (Å²) in [6.07, 6.45) is 4.83. The number of likely N-dealkylation sites (tertiary alicyclic amines) is 1. The first-order chi connectivity index (χ1) is 15.5. The highest BCUT2D eigenvalue weighted by Crippen LogP contribution is 2.34. The van der Waals surface area contributed by atoms with Crippen molar-refractivity contribution in [3.05, 3.63) is 51.7 Å². The third kappa shape index (κ3) is 4.25. The summed E-state index contributed by atoms with van der Waals surface area (Å²) in [7, 11) is -3.64. The molecular formula is C24H31N3O3S2. The van der Waals surface area contributed by atoms with Crippen LogP contribution in [0.15, 0.2) is 40.6 Å². The minimum Gasteiger partial charge on any atom is -0.333 e. The van der Waals surface area contributed by atoms with E-state index in [1.54, 1.807) is 39.9 Å². The fourth-order valence-electron chi connectivity index (χ4n) is 5.01. The second kappa shape index (κ2) is 8.89. The molecule has 1 aromatic carbocycles. The molecule has 1 saturated carbocycles. The molecule has 8 heteroatoms. The lowest BCUT2D eigenvalue weighted by Gasteiger charge is -2.38. The van der Waals surface area contributed by atoms with E-state index in [4.69, 9.17) is 0 Å². The second-order valence-corrected chi connectivity index (χ2v) is 12.0. The molecule has 0 spiro atoms. The lowest BCUT2D eigenvalue weighted by atomic mass is 10.0. The third-order valence-corrected chi connectivity index (χ3v) is 9.93. The van der Waals surface area contributed by atoms with Gasteiger partial charge in [-0.25, -0.2) is 8.42 Å². The van der Waals surface area contributed by atoms with Gasteiger partial charge in [0, 0.05) is 48.7 Å². The maximum absolute atomic E-state index is 13.6. The normalized spacial score (nSPS) is 20.8. The number of piperidine rings is 1. The lowest BCUT2D eigenvalue weighted by Crippen LogP contribution is -2.48. The maximum Gasteiger partial charge on any atom is 0.254 e. The molecule has 0 bridgehead atoms. The standard InChI is InChI=1S/C24H31N3O3S2/c1-2-25-12-8-21(9-13-25)27(20-6-7-20)24(28)18-4-3-5-22(16-18)32(29,30)26-14-10-23-19(17-26)11-15-31-23/h3-5,11,15-16,20-21H,2,6-10,12-14,17H2,1H3. The zero-order chi connectivity index (χ0) is 22.3. The molecule has 2 fully saturated rings. The molecule has 2 aliphatic heterocycles. The van der Waals surface area contributed by atoms with Crippen LogP contribution in [-0.2, 0) is 23.0 Å². The summed E-state index contributed by atoms with van der Waals surface area (Å²) >= 11 is 1.69. The Morgan fingerprint density at radius 2 is 1.84 bits per heavy atom. The van der Waals surface area contributed by atoms with Crippen LogP contribution in [0.4, 0.5) is 0 Å². The summed E-state index contributed by atoms with van der Waals surface area (Å²) in [5.74, 6) is -0.0155. The van der Waals surface area contributed by atoms with Gasteiger partial charge in [0.05, 0.1) is 4.90 Å². The molecule has 6 nitrogen and oxygen atoms in total. The van der Waals surface area contributed by atoms with Crippen molar-refractivity contribution in [3.8, 4) is 0 Å². The average Bonchev–Trinajstić information content (AvgIpc) is 3.54. The van der Waals surface area contributed by atoms with Gasteiger partial charge >= 0.3 is 0 Å². The average molecular weight is 474 g/mol. The largest absolute Gasteiger partial charge is 0.333 e. The molecule has 1 amide bonds. The Balaban J connectivity index is 1.36. The van der Waals surface area contributed by atoms with Gasteiger partial charge in [0.1, 0.15) is 0 Å². The van der Waals surface area contributed by atoms with Gasteiger partial charge in [0.2, 0.25) is 10.0 Å². The maximum atomic E-state index is 13.6. The number of rotatable bonds is 6. The molecule has 172 valence electrons. The van der Waals surface area contributed by atoms with Crippen molar-refractivity contribution in [2.24, 2.45) is 0 Å². The van der Waals surface area contributed by atoms with Crippen LogP contribution in [-0.4, -0.2) is 66.7 Å². The number of nitrogens with zero attached hydrogens (tertiary/aromatic N) is 3. The summed E-state index contributed by atoms with van der Waals surface area (Å²) in [6, 6.07) is 9.26. The van der Waals surface area contributed by atoms with Gasteiger partial charge in [-0.3, -0.25) is 4.79 Å². The van der Waals surface area contributed by atoms with Crippen molar-refractivity contribution >= 4 is 27.3 Å². The van der Waals surface area contributed by atoms with Gasteiger partial charge in [0.15, 0.2) is 0 Å². The first-order valence-electron chi connectivity index (χ1n) is 11.7. The van der Waals surface area contributed by atoms with Gasteiger partial charge in [0.25, 0.3) is 5.91 Å². The SMILES string of the molecule is CCN1CCC(N(C(=O)c2cccc(S(=O)(=O)N3CCc4sccc4C3)c2)C2CC2)CC1. The first-order valence-corrected chi connectivity index (χ1v) is 14.0. The molecular weight excluding hydrogens is 442 g/mol. The van der Waals surface area contributed by atoms with E-state index in [-0.39, 0.29) is 16.8 Å². The van der Waals surface area contributed by atoms with E-state index in [0.29, 0.717) is 24.7 Å². The summed E-state index contributed by atoms with van der Waals surface area (Å²) in [4.78, 5) is 19.6. The van der Waals surface area contributed by atoms with Crippen LogP contribution in [0.25, 0.3) is 0 Å².